The minimum atomic E-state index is -1.76. The molecule has 0 aromatic heterocycles. The molecule has 6 heteroatoms. The number of rotatable bonds is 4. The molecule has 1 aromatic carbocycles. The van der Waals surface area contributed by atoms with Gasteiger partial charge in [-0.25, -0.2) is 4.39 Å². The molecule has 110 valence electrons. The van der Waals surface area contributed by atoms with Gasteiger partial charge in [-0.1, -0.05) is 12.1 Å². The molecular formula is C14H22BFN2O2. The highest BCUT2D eigenvalue weighted by Gasteiger charge is 2.20. The fourth-order valence-corrected chi connectivity index (χ4v) is 2.59. The summed E-state index contributed by atoms with van der Waals surface area (Å²) in [5.41, 5.74) is 0.857. The number of nitrogens with zero attached hydrogens (tertiary/aromatic N) is 2. The summed E-state index contributed by atoms with van der Waals surface area (Å²) in [5.74, 6) is -0.576. The van der Waals surface area contributed by atoms with E-state index in [0.717, 1.165) is 31.7 Å². The molecule has 0 atom stereocenters. The van der Waals surface area contributed by atoms with E-state index in [1.54, 1.807) is 6.07 Å². The van der Waals surface area contributed by atoms with E-state index in [4.69, 9.17) is 10.0 Å². The summed E-state index contributed by atoms with van der Waals surface area (Å²) >= 11 is 0. The molecule has 0 aliphatic carbocycles. The minimum Gasteiger partial charge on any atom is -0.423 e. The van der Waals surface area contributed by atoms with E-state index in [2.05, 4.69) is 23.6 Å². The molecule has 1 aromatic rings. The standard InChI is InChI=1S/C14H22BFN2O2/c1-11(2)18-7-5-17(6-8-18)10-12-3-4-14(16)13(9-12)15(19)20/h3-4,9,11,19-20H,5-8,10H2,1-2H3. The zero-order valence-electron chi connectivity index (χ0n) is 12.1. The van der Waals surface area contributed by atoms with Gasteiger partial charge in [0.05, 0.1) is 0 Å². The highest BCUT2D eigenvalue weighted by Crippen LogP contribution is 2.10. The van der Waals surface area contributed by atoms with Crippen molar-refractivity contribution in [2.75, 3.05) is 26.2 Å². The van der Waals surface area contributed by atoms with Crippen LogP contribution in [0.2, 0.25) is 0 Å². The van der Waals surface area contributed by atoms with Crippen LogP contribution in [0.5, 0.6) is 0 Å². The largest absolute Gasteiger partial charge is 0.491 e. The SMILES string of the molecule is CC(C)N1CCN(Cc2ccc(F)c(B(O)O)c2)CC1. The normalized spacial score (nSPS) is 17.7. The number of hydrogen-bond donors (Lipinski definition) is 2. The van der Waals surface area contributed by atoms with Crippen LogP contribution >= 0.6 is 0 Å². The summed E-state index contributed by atoms with van der Waals surface area (Å²) in [7, 11) is -1.76. The summed E-state index contributed by atoms with van der Waals surface area (Å²) in [4.78, 5) is 4.74. The molecule has 0 spiro atoms. The van der Waals surface area contributed by atoms with Crippen LogP contribution in [-0.2, 0) is 6.54 Å². The Morgan fingerprint density at radius 2 is 1.85 bits per heavy atom. The van der Waals surface area contributed by atoms with Crippen LogP contribution in [0.15, 0.2) is 18.2 Å². The molecule has 0 radical (unpaired) electrons. The Bertz CT molecular complexity index is 449. The summed E-state index contributed by atoms with van der Waals surface area (Å²) in [6.45, 7) is 9.14. The smallest absolute Gasteiger partial charge is 0.423 e. The molecule has 1 fully saturated rings. The Kier molecular flexibility index (Phi) is 5.15. The lowest BCUT2D eigenvalue weighted by Crippen LogP contribution is -2.48. The van der Waals surface area contributed by atoms with Gasteiger partial charge < -0.3 is 10.0 Å². The lowest BCUT2D eigenvalue weighted by atomic mass is 9.79. The first kappa shape index (κ1) is 15.4. The fourth-order valence-electron chi connectivity index (χ4n) is 2.59. The Hall–Kier alpha value is -0.945. The maximum atomic E-state index is 13.4. The first-order chi connectivity index (χ1) is 9.47. The summed E-state index contributed by atoms with van der Waals surface area (Å²) < 4.78 is 13.4. The van der Waals surface area contributed by atoms with E-state index in [1.807, 2.05) is 0 Å². The van der Waals surface area contributed by atoms with Gasteiger partial charge in [0.25, 0.3) is 0 Å². The zero-order chi connectivity index (χ0) is 14.7. The van der Waals surface area contributed by atoms with Gasteiger partial charge in [-0.05, 0) is 25.5 Å². The van der Waals surface area contributed by atoms with Crippen LogP contribution in [-0.4, -0.2) is 59.2 Å². The molecule has 0 unspecified atom stereocenters. The second kappa shape index (κ2) is 6.67. The molecule has 1 heterocycles. The van der Waals surface area contributed by atoms with Crippen molar-refractivity contribution in [3.8, 4) is 0 Å². The number of halogens is 1. The van der Waals surface area contributed by atoms with Crippen molar-refractivity contribution >= 4 is 12.6 Å². The van der Waals surface area contributed by atoms with Gasteiger partial charge >= 0.3 is 7.12 Å². The molecule has 2 N–H and O–H groups in total. The van der Waals surface area contributed by atoms with Crippen LogP contribution in [0.3, 0.4) is 0 Å². The Labute approximate surface area is 120 Å². The number of benzene rings is 1. The van der Waals surface area contributed by atoms with E-state index in [-0.39, 0.29) is 5.46 Å². The summed E-state index contributed by atoms with van der Waals surface area (Å²) in [6.07, 6.45) is 0. The third kappa shape index (κ3) is 3.79. The van der Waals surface area contributed by atoms with Crippen LogP contribution < -0.4 is 5.46 Å². The maximum absolute atomic E-state index is 13.4. The Morgan fingerprint density at radius 1 is 1.20 bits per heavy atom. The second-order valence-corrected chi connectivity index (χ2v) is 5.64. The first-order valence-electron chi connectivity index (χ1n) is 7.08. The predicted molar refractivity (Wildman–Crippen MR) is 78.2 cm³/mol. The minimum absolute atomic E-state index is 0.0525. The molecule has 2 rings (SSSR count). The van der Waals surface area contributed by atoms with Crippen LogP contribution in [0.25, 0.3) is 0 Å². The van der Waals surface area contributed by atoms with Gasteiger partial charge in [-0.15, -0.1) is 0 Å². The Balaban J connectivity index is 1.96. The molecular weight excluding hydrogens is 258 g/mol. The highest BCUT2D eigenvalue weighted by molar-refractivity contribution is 6.58. The molecule has 0 bridgehead atoms. The second-order valence-electron chi connectivity index (χ2n) is 5.64. The van der Waals surface area contributed by atoms with Crippen molar-refractivity contribution in [2.45, 2.75) is 26.4 Å². The van der Waals surface area contributed by atoms with Gasteiger partial charge in [-0.2, -0.15) is 0 Å². The van der Waals surface area contributed by atoms with Gasteiger partial charge in [0.2, 0.25) is 0 Å². The van der Waals surface area contributed by atoms with Crippen molar-refractivity contribution in [3.05, 3.63) is 29.6 Å². The quantitative estimate of drug-likeness (QED) is 0.764. The zero-order valence-corrected chi connectivity index (χ0v) is 12.1. The topological polar surface area (TPSA) is 46.9 Å². The first-order valence-corrected chi connectivity index (χ1v) is 7.08. The van der Waals surface area contributed by atoms with E-state index >= 15 is 0 Å². The lowest BCUT2D eigenvalue weighted by molar-refractivity contribution is 0.104. The summed E-state index contributed by atoms with van der Waals surface area (Å²) in [5, 5.41) is 18.3. The van der Waals surface area contributed by atoms with Crippen molar-refractivity contribution in [1.29, 1.82) is 0 Å². The third-order valence-corrected chi connectivity index (χ3v) is 3.88. The third-order valence-electron chi connectivity index (χ3n) is 3.88. The molecule has 1 aliphatic heterocycles. The molecule has 4 nitrogen and oxygen atoms in total. The maximum Gasteiger partial charge on any atom is 0.491 e. The molecule has 0 amide bonds. The van der Waals surface area contributed by atoms with Crippen molar-refractivity contribution in [3.63, 3.8) is 0 Å². The molecule has 0 saturated carbocycles. The van der Waals surface area contributed by atoms with Crippen LogP contribution in [0.4, 0.5) is 4.39 Å². The average Bonchev–Trinajstić information content (AvgIpc) is 2.41. The van der Waals surface area contributed by atoms with Gasteiger partial charge in [-0.3, -0.25) is 9.80 Å². The molecule has 1 saturated heterocycles. The fraction of sp³-hybridized carbons (Fsp3) is 0.571. The number of hydrogen-bond acceptors (Lipinski definition) is 4. The Morgan fingerprint density at radius 3 is 2.40 bits per heavy atom. The predicted octanol–water partition coefficient (Wildman–Crippen LogP) is 0.0315. The van der Waals surface area contributed by atoms with Crippen LogP contribution in [0, 0.1) is 5.82 Å². The van der Waals surface area contributed by atoms with Gasteiger partial charge in [0, 0.05) is 44.2 Å². The van der Waals surface area contributed by atoms with Crippen LogP contribution in [0.1, 0.15) is 19.4 Å². The van der Waals surface area contributed by atoms with Gasteiger partial charge in [0.15, 0.2) is 0 Å². The van der Waals surface area contributed by atoms with E-state index in [0.29, 0.717) is 12.6 Å². The van der Waals surface area contributed by atoms with E-state index in [1.165, 1.54) is 12.1 Å². The molecule has 1 aliphatic rings. The lowest BCUT2D eigenvalue weighted by Gasteiger charge is -2.37. The van der Waals surface area contributed by atoms with Crippen molar-refractivity contribution in [2.24, 2.45) is 0 Å². The van der Waals surface area contributed by atoms with Gasteiger partial charge in [0.1, 0.15) is 5.82 Å². The van der Waals surface area contributed by atoms with Crippen molar-refractivity contribution in [1.82, 2.24) is 9.80 Å². The monoisotopic (exact) mass is 280 g/mol. The average molecular weight is 280 g/mol. The van der Waals surface area contributed by atoms with Crippen molar-refractivity contribution < 1.29 is 14.4 Å². The number of piperazine rings is 1. The summed E-state index contributed by atoms with van der Waals surface area (Å²) in [6, 6.07) is 5.11. The van der Waals surface area contributed by atoms with E-state index < -0.39 is 12.9 Å². The highest BCUT2D eigenvalue weighted by atomic mass is 19.1. The molecule has 20 heavy (non-hydrogen) atoms. The van der Waals surface area contributed by atoms with E-state index in [9.17, 15) is 4.39 Å².